The number of benzene rings is 1. The third-order valence-electron chi connectivity index (χ3n) is 3.79. The van der Waals surface area contributed by atoms with Crippen LogP contribution in [0.2, 0.25) is 0 Å². The van der Waals surface area contributed by atoms with Gasteiger partial charge in [-0.15, -0.1) is 0 Å². The summed E-state index contributed by atoms with van der Waals surface area (Å²) in [6.45, 7) is 0.00846. The van der Waals surface area contributed by atoms with Gasteiger partial charge in [-0.3, -0.25) is 9.78 Å². The summed E-state index contributed by atoms with van der Waals surface area (Å²) >= 11 is 0. The molecule has 1 aliphatic rings. The fourth-order valence-electron chi connectivity index (χ4n) is 2.48. The zero-order chi connectivity index (χ0) is 17.2. The Morgan fingerprint density at radius 2 is 1.67 bits per heavy atom. The summed E-state index contributed by atoms with van der Waals surface area (Å²) in [5.74, 6) is 0.244. The normalized spacial score (nSPS) is 17.2. The molecule has 1 amide bonds. The molecule has 7 nitrogen and oxygen atoms in total. The van der Waals surface area contributed by atoms with E-state index in [9.17, 15) is 13.2 Å². The fraction of sp³-hybridized carbons (Fsp3) is 0.250. The van der Waals surface area contributed by atoms with Gasteiger partial charge >= 0.3 is 10.2 Å². The molecule has 1 aliphatic heterocycles. The molecule has 0 unspecified atom stereocenters. The molecule has 0 saturated carbocycles. The average molecular weight is 347 g/mol. The Labute approximate surface area is 140 Å². The van der Waals surface area contributed by atoms with E-state index in [2.05, 4.69) is 4.98 Å². The van der Waals surface area contributed by atoms with E-state index < -0.39 is 16.1 Å². The van der Waals surface area contributed by atoms with Crippen molar-refractivity contribution in [3.05, 3.63) is 59.9 Å². The summed E-state index contributed by atoms with van der Waals surface area (Å²) in [5, 5.41) is 0. The van der Waals surface area contributed by atoms with Crippen LogP contribution in [-0.4, -0.2) is 41.6 Å². The highest BCUT2D eigenvalue weighted by atomic mass is 32.2. The molecule has 1 saturated heterocycles. The third-order valence-corrected chi connectivity index (χ3v) is 5.59. The molecule has 8 heteroatoms. The van der Waals surface area contributed by atoms with E-state index in [1.165, 1.54) is 4.31 Å². The number of ether oxygens (including phenoxy) is 1. The maximum atomic E-state index is 12.6. The van der Waals surface area contributed by atoms with Crippen molar-refractivity contribution >= 4 is 16.1 Å². The zero-order valence-corrected chi connectivity index (χ0v) is 13.9. The molecular weight excluding hydrogens is 330 g/mol. The van der Waals surface area contributed by atoms with Gasteiger partial charge < -0.3 is 4.74 Å². The van der Waals surface area contributed by atoms with Gasteiger partial charge in [-0.1, -0.05) is 12.1 Å². The largest absolute Gasteiger partial charge is 0.497 e. The lowest BCUT2D eigenvalue weighted by molar-refractivity contribution is -0.125. The zero-order valence-electron chi connectivity index (χ0n) is 13.1. The molecule has 126 valence electrons. The van der Waals surface area contributed by atoms with Crippen molar-refractivity contribution in [1.82, 2.24) is 13.6 Å². The second kappa shape index (κ2) is 6.58. The summed E-state index contributed by atoms with van der Waals surface area (Å²) < 4.78 is 32.4. The van der Waals surface area contributed by atoms with E-state index in [0.717, 1.165) is 15.4 Å². The van der Waals surface area contributed by atoms with Crippen LogP contribution in [-0.2, 0) is 28.1 Å². The van der Waals surface area contributed by atoms with Gasteiger partial charge in [-0.05, 0) is 35.4 Å². The van der Waals surface area contributed by atoms with Crippen LogP contribution in [0.4, 0.5) is 0 Å². The number of rotatable bonds is 5. The van der Waals surface area contributed by atoms with Crippen LogP contribution in [0.25, 0.3) is 0 Å². The predicted octanol–water partition coefficient (Wildman–Crippen LogP) is 1.18. The Morgan fingerprint density at radius 3 is 2.29 bits per heavy atom. The number of hydrogen-bond acceptors (Lipinski definition) is 5. The topological polar surface area (TPSA) is 79.8 Å². The number of methoxy groups -OCH3 is 1. The monoisotopic (exact) mass is 347 g/mol. The lowest BCUT2D eigenvalue weighted by Gasteiger charge is -2.18. The van der Waals surface area contributed by atoms with Crippen molar-refractivity contribution in [2.75, 3.05) is 13.7 Å². The lowest BCUT2D eigenvalue weighted by Crippen LogP contribution is -2.33. The summed E-state index contributed by atoms with van der Waals surface area (Å²) in [6.07, 6.45) is 3.18. The van der Waals surface area contributed by atoms with Crippen molar-refractivity contribution < 1.29 is 17.9 Å². The summed E-state index contributed by atoms with van der Waals surface area (Å²) in [4.78, 5) is 16.1. The third kappa shape index (κ3) is 3.24. The Kier molecular flexibility index (Phi) is 4.50. The number of carbonyl (C=O) groups excluding carboxylic acids is 1. The molecule has 2 heterocycles. The van der Waals surface area contributed by atoms with E-state index in [1.807, 2.05) is 0 Å². The Hall–Kier alpha value is -2.45. The molecule has 0 aliphatic carbocycles. The van der Waals surface area contributed by atoms with Gasteiger partial charge in [0.15, 0.2) is 0 Å². The molecule has 1 aromatic carbocycles. The number of amides is 1. The van der Waals surface area contributed by atoms with Gasteiger partial charge in [0.2, 0.25) is 0 Å². The van der Waals surface area contributed by atoms with Crippen LogP contribution in [0.3, 0.4) is 0 Å². The second-order valence-electron chi connectivity index (χ2n) is 5.38. The minimum Gasteiger partial charge on any atom is -0.497 e. The van der Waals surface area contributed by atoms with Gasteiger partial charge in [0, 0.05) is 18.9 Å². The number of nitrogens with zero attached hydrogens (tertiary/aromatic N) is 3. The van der Waals surface area contributed by atoms with Crippen LogP contribution in [0.1, 0.15) is 11.1 Å². The molecule has 3 rings (SSSR count). The minimum atomic E-state index is -3.82. The summed E-state index contributed by atoms with van der Waals surface area (Å²) in [5.41, 5.74) is 1.51. The lowest BCUT2D eigenvalue weighted by atomic mass is 10.2. The van der Waals surface area contributed by atoms with Crippen molar-refractivity contribution in [1.29, 1.82) is 0 Å². The van der Waals surface area contributed by atoms with Crippen LogP contribution >= 0.6 is 0 Å². The maximum Gasteiger partial charge on any atom is 0.307 e. The number of hydrogen-bond donors (Lipinski definition) is 0. The number of pyridine rings is 1. The van der Waals surface area contributed by atoms with E-state index in [-0.39, 0.29) is 19.6 Å². The molecule has 1 fully saturated rings. The standard InChI is InChI=1S/C16H17N3O4S/c1-23-15-4-2-13(3-5-15)11-19-16(20)12-18(24(19,21)22)10-14-6-8-17-9-7-14/h2-9H,10-12H2,1H3. The predicted molar refractivity (Wildman–Crippen MR) is 87.1 cm³/mol. The SMILES string of the molecule is COc1ccc(CN2C(=O)CN(Cc3ccncc3)S2(=O)=O)cc1. The van der Waals surface area contributed by atoms with E-state index in [0.29, 0.717) is 5.75 Å². The highest BCUT2D eigenvalue weighted by molar-refractivity contribution is 7.87. The summed E-state index contributed by atoms with van der Waals surface area (Å²) in [6, 6.07) is 10.4. The average Bonchev–Trinajstić information content (AvgIpc) is 2.79. The van der Waals surface area contributed by atoms with Gasteiger partial charge in [-0.2, -0.15) is 12.7 Å². The molecule has 0 spiro atoms. The van der Waals surface area contributed by atoms with Crippen molar-refractivity contribution in [2.45, 2.75) is 13.1 Å². The highest BCUT2D eigenvalue weighted by Crippen LogP contribution is 2.23. The minimum absolute atomic E-state index is 0.0119. The van der Waals surface area contributed by atoms with Gasteiger partial charge in [0.05, 0.1) is 20.2 Å². The smallest absolute Gasteiger partial charge is 0.307 e. The quantitative estimate of drug-likeness (QED) is 0.811. The van der Waals surface area contributed by atoms with Crippen molar-refractivity contribution in [3.63, 3.8) is 0 Å². The van der Waals surface area contributed by atoms with E-state index >= 15 is 0 Å². The van der Waals surface area contributed by atoms with Crippen LogP contribution in [0.5, 0.6) is 5.75 Å². The van der Waals surface area contributed by atoms with Gasteiger partial charge in [-0.25, -0.2) is 4.31 Å². The van der Waals surface area contributed by atoms with E-state index in [1.54, 1.807) is 55.9 Å². The first-order valence-corrected chi connectivity index (χ1v) is 8.73. The molecule has 0 radical (unpaired) electrons. The fourth-order valence-corrected chi connectivity index (χ4v) is 3.97. The first-order chi connectivity index (χ1) is 11.5. The highest BCUT2D eigenvalue weighted by Gasteiger charge is 2.42. The first-order valence-electron chi connectivity index (χ1n) is 7.33. The molecule has 0 N–H and O–H groups in total. The van der Waals surface area contributed by atoms with E-state index in [4.69, 9.17) is 4.74 Å². The molecule has 0 atom stereocenters. The molecule has 0 bridgehead atoms. The van der Waals surface area contributed by atoms with Crippen molar-refractivity contribution in [3.8, 4) is 5.75 Å². The Balaban J connectivity index is 1.77. The van der Waals surface area contributed by atoms with Gasteiger partial charge in [0.1, 0.15) is 5.75 Å². The number of carbonyl (C=O) groups is 1. The second-order valence-corrected chi connectivity index (χ2v) is 7.23. The molecule has 1 aromatic heterocycles. The molecular formula is C16H17N3O4S. The Bertz CT molecular complexity index is 822. The molecule has 24 heavy (non-hydrogen) atoms. The first kappa shape index (κ1) is 16.4. The Morgan fingerprint density at radius 1 is 1.04 bits per heavy atom. The van der Waals surface area contributed by atoms with Crippen LogP contribution in [0.15, 0.2) is 48.8 Å². The van der Waals surface area contributed by atoms with Crippen LogP contribution in [0, 0.1) is 0 Å². The van der Waals surface area contributed by atoms with Gasteiger partial charge in [0.25, 0.3) is 5.91 Å². The summed E-state index contributed by atoms with van der Waals surface area (Å²) in [7, 11) is -2.27. The van der Waals surface area contributed by atoms with Crippen LogP contribution < -0.4 is 4.74 Å². The maximum absolute atomic E-state index is 12.6. The molecule has 2 aromatic rings. The van der Waals surface area contributed by atoms with Crippen molar-refractivity contribution in [2.24, 2.45) is 0 Å². The number of aromatic nitrogens is 1.